The first kappa shape index (κ1) is 29.3. The third-order valence-corrected chi connectivity index (χ3v) is 6.01. The molecule has 16 heteroatoms. The second-order valence-corrected chi connectivity index (χ2v) is 8.56. The summed E-state index contributed by atoms with van der Waals surface area (Å²) >= 11 is 0.925. The number of nitro benzene ring substituents is 2. The van der Waals surface area contributed by atoms with Gasteiger partial charge in [0, 0.05) is 18.3 Å². The fourth-order valence-corrected chi connectivity index (χ4v) is 3.95. The molecular formula is C24H21N5O10S. The Morgan fingerprint density at radius 1 is 0.875 bits per heavy atom. The van der Waals surface area contributed by atoms with Crippen molar-refractivity contribution in [2.45, 2.75) is 5.03 Å². The van der Waals surface area contributed by atoms with Gasteiger partial charge in [0.25, 0.3) is 17.3 Å². The average molecular weight is 572 g/mol. The molecule has 0 bridgehead atoms. The Balaban J connectivity index is 1.59. The fourth-order valence-electron chi connectivity index (χ4n) is 3.17. The number of nitro groups is 2. The molecule has 1 heterocycles. The molecule has 0 saturated heterocycles. The van der Waals surface area contributed by atoms with Crippen molar-refractivity contribution < 1.29 is 38.4 Å². The van der Waals surface area contributed by atoms with Crippen LogP contribution in [0.2, 0.25) is 0 Å². The van der Waals surface area contributed by atoms with Gasteiger partial charge in [-0.1, -0.05) is 11.8 Å². The number of non-ortho nitro benzene ring substituents is 2. The Bertz CT molecular complexity index is 1470. The summed E-state index contributed by atoms with van der Waals surface area (Å²) in [6.45, 7) is -0.682. The fraction of sp³-hybridized carbons (Fsp3) is 0.167. The van der Waals surface area contributed by atoms with Gasteiger partial charge in [0.05, 0.1) is 58.9 Å². The van der Waals surface area contributed by atoms with Gasteiger partial charge in [0.15, 0.2) is 6.61 Å². The number of nitrogens with zero attached hydrogens (tertiary/aromatic N) is 3. The zero-order valence-corrected chi connectivity index (χ0v) is 21.8. The van der Waals surface area contributed by atoms with Gasteiger partial charge in [0.2, 0.25) is 5.91 Å². The maximum absolute atomic E-state index is 12.6. The van der Waals surface area contributed by atoms with Crippen LogP contribution in [0.4, 0.5) is 22.7 Å². The Labute approximate surface area is 230 Å². The second-order valence-electron chi connectivity index (χ2n) is 7.60. The number of amides is 2. The number of rotatable bonds is 12. The number of carbonyl (C=O) groups excluding carboxylic acids is 3. The topological polar surface area (TPSA) is 202 Å². The third kappa shape index (κ3) is 7.64. The van der Waals surface area contributed by atoms with Crippen molar-refractivity contribution in [3.63, 3.8) is 0 Å². The smallest absolute Gasteiger partial charge is 0.341 e. The molecule has 2 aromatic carbocycles. The van der Waals surface area contributed by atoms with E-state index in [4.69, 9.17) is 14.2 Å². The Kier molecular flexibility index (Phi) is 9.90. The van der Waals surface area contributed by atoms with Gasteiger partial charge in [-0.25, -0.2) is 9.78 Å². The molecule has 208 valence electrons. The molecule has 1 aromatic heterocycles. The van der Waals surface area contributed by atoms with E-state index in [9.17, 15) is 34.6 Å². The maximum atomic E-state index is 12.6. The number of pyridine rings is 1. The Morgan fingerprint density at radius 3 is 1.95 bits per heavy atom. The summed E-state index contributed by atoms with van der Waals surface area (Å²) in [6.07, 6.45) is 1.41. The van der Waals surface area contributed by atoms with Crippen LogP contribution in [0.5, 0.6) is 11.5 Å². The average Bonchev–Trinajstić information content (AvgIpc) is 2.95. The van der Waals surface area contributed by atoms with Crippen molar-refractivity contribution in [3.8, 4) is 11.5 Å². The van der Waals surface area contributed by atoms with Crippen molar-refractivity contribution in [1.29, 1.82) is 0 Å². The molecule has 0 spiro atoms. The minimum atomic E-state index is -0.876. The largest absolute Gasteiger partial charge is 0.494 e. The Hall–Kier alpha value is -5.25. The lowest BCUT2D eigenvalue weighted by Crippen LogP contribution is -2.21. The number of anilines is 2. The highest BCUT2D eigenvalue weighted by Crippen LogP contribution is 2.30. The zero-order chi connectivity index (χ0) is 29.2. The standard InChI is InChI=1S/C24H21N5O10S/c1-37-19-10-14(28(33)34)5-7-17(19)26-21(30)12-39-24(32)16-4-3-9-25-23(16)40-13-22(31)27-18-8-6-15(29(35)36)11-20(18)38-2/h3-11H,12-13H2,1-2H3,(H,26,30)(H,27,31). The van der Waals surface area contributed by atoms with E-state index in [0.717, 1.165) is 17.8 Å². The summed E-state index contributed by atoms with van der Waals surface area (Å²) in [5.74, 6) is -2.14. The van der Waals surface area contributed by atoms with Crippen LogP contribution in [-0.4, -0.2) is 59.2 Å². The van der Waals surface area contributed by atoms with Crippen LogP contribution >= 0.6 is 11.8 Å². The number of nitrogens with one attached hydrogen (secondary N) is 2. The highest BCUT2D eigenvalue weighted by Gasteiger charge is 2.19. The minimum absolute atomic E-state index is 0.00827. The van der Waals surface area contributed by atoms with Gasteiger partial charge in [0.1, 0.15) is 16.5 Å². The van der Waals surface area contributed by atoms with E-state index in [-0.39, 0.29) is 50.6 Å². The normalized spacial score (nSPS) is 10.2. The molecule has 15 nitrogen and oxygen atoms in total. The molecule has 3 aromatic rings. The molecule has 0 aliphatic heterocycles. The molecule has 0 unspecified atom stereocenters. The predicted octanol–water partition coefficient (Wildman–Crippen LogP) is 3.44. The Morgan fingerprint density at radius 2 is 1.43 bits per heavy atom. The quantitative estimate of drug-likeness (QED) is 0.139. The number of aromatic nitrogens is 1. The first-order valence-corrected chi connectivity index (χ1v) is 12.1. The molecule has 3 rings (SSSR count). The summed E-state index contributed by atoms with van der Waals surface area (Å²) < 4.78 is 15.2. The lowest BCUT2D eigenvalue weighted by molar-refractivity contribution is -0.385. The van der Waals surface area contributed by atoms with Crippen LogP contribution in [0.1, 0.15) is 10.4 Å². The molecule has 0 saturated carbocycles. The van der Waals surface area contributed by atoms with E-state index in [1.807, 2.05) is 0 Å². The minimum Gasteiger partial charge on any atom is -0.494 e. The van der Waals surface area contributed by atoms with Crippen LogP contribution in [0.3, 0.4) is 0 Å². The van der Waals surface area contributed by atoms with Gasteiger partial charge in [-0.2, -0.15) is 0 Å². The SMILES string of the molecule is COc1cc([N+](=O)[O-])ccc1NC(=O)COC(=O)c1cccnc1SCC(=O)Nc1ccc([N+](=O)[O-])cc1OC. The van der Waals surface area contributed by atoms with Gasteiger partial charge < -0.3 is 24.8 Å². The first-order chi connectivity index (χ1) is 19.1. The highest BCUT2D eigenvalue weighted by atomic mass is 32.2. The van der Waals surface area contributed by atoms with Crippen molar-refractivity contribution in [1.82, 2.24) is 4.98 Å². The zero-order valence-electron chi connectivity index (χ0n) is 20.9. The molecule has 0 aliphatic rings. The van der Waals surface area contributed by atoms with Crippen LogP contribution in [-0.2, 0) is 14.3 Å². The van der Waals surface area contributed by atoms with E-state index in [1.165, 1.54) is 62.9 Å². The molecule has 2 amide bonds. The van der Waals surface area contributed by atoms with E-state index in [2.05, 4.69) is 15.6 Å². The molecule has 40 heavy (non-hydrogen) atoms. The van der Waals surface area contributed by atoms with Crippen LogP contribution in [0.15, 0.2) is 59.8 Å². The van der Waals surface area contributed by atoms with Gasteiger partial charge in [-0.3, -0.25) is 29.8 Å². The molecule has 0 aliphatic carbocycles. The second kappa shape index (κ2) is 13.5. The van der Waals surface area contributed by atoms with Gasteiger partial charge in [-0.15, -0.1) is 0 Å². The van der Waals surface area contributed by atoms with Gasteiger partial charge >= 0.3 is 5.97 Å². The van der Waals surface area contributed by atoms with Crippen molar-refractivity contribution in [3.05, 3.63) is 80.5 Å². The number of hydrogen-bond acceptors (Lipinski definition) is 12. The van der Waals surface area contributed by atoms with E-state index < -0.39 is 34.2 Å². The molecule has 0 radical (unpaired) electrons. The summed E-state index contributed by atoms with van der Waals surface area (Å²) in [4.78, 5) is 62.2. The number of esters is 1. The summed E-state index contributed by atoms with van der Waals surface area (Å²) in [5, 5.41) is 27.0. The number of benzene rings is 2. The summed E-state index contributed by atoms with van der Waals surface area (Å²) in [5.41, 5.74) is -0.0729. The van der Waals surface area contributed by atoms with Crippen molar-refractivity contribution in [2.24, 2.45) is 0 Å². The maximum Gasteiger partial charge on any atom is 0.341 e. The monoisotopic (exact) mass is 571 g/mol. The van der Waals surface area contributed by atoms with Crippen molar-refractivity contribution in [2.75, 3.05) is 37.2 Å². The molecule has 0 fully saturated rings. The van der Waals surface area contributed by atoms with Gasteiger partial charge in [-0.05, 0) is 24.3 Å². The van der Waals surface area contributed by atoms with Crippen LogP contribution in [0, 0.1) is 20.2 Å². The first-order valence-electron chi connectivity index (χ1n) is 11.1. The molecule has 2 N–H and O–H groups in total. The highest BCUT2D eigenvalue weighted by molar-refractivity contribution is 8.00. The summed E-state index contributed by atoms with van der Waals surface area (Å²) in [7, 11) is 2.58. The van der Waals surface area contributed by atoms with E-state index >= 15 is 0 Å². The lowest BCUT2D eigenvalue weighted by atomic mass is 10.2. The predicted molar refractivity (Wildman–Crippen MR) is 142 cm³/mol. The van der Waals surface area contributed by atoms with Crippen LogP contribution in [0.25, 0.3) is 0 Å². The van der Waals surface area contributed by atoms with Crippen LogP contribution < -0.4 is 20.1 Å². The number of hydrogen-bond donors (Lipinski definition) is 2. The molecular weight excluding hydrogens is 550 g/mol. The number of thioether (sulfide) groups is 1. The number of methoxy groups -OCH3 is 2. The molecule has 0 atom stereocenters. The lowest BCUT2D eigenvalue weighted by Gasteiger charge is -2.12. The van der Waals surface area contributed by atoms with E-state index in [1.54, 1.807) is 0 Å². The third-order valence-electron chi connectivity index (χ3n) is 5.01. The van der Waals surface area contributed by atoms with Crippen molar-refractivity contribution >= 4 is 52.3 Å². The number of carbonyl (C=O) groups is 3. The van der Waals surface area contributed by atoms with E-state index in [0.29, 0.717) is 0 Å². The number of ether oxygens (including phenoxy) is 3. The summed E-state index contributed by atoms with van der Waals surface area (Å²) in [6, 6.07) is 10.2.